The summed E-state index contributed by atoms with van der Waals surface area (Å²) in [7, 11) is 1.66. The molecule has 16 heteroatoms. The minimum Gasteiger partial charge on any atom is -0.480 e. The third kappa shape index (κ3) is 15.5. The minimum absolute atomic E-state index is 0.00626. The number of carboxylic acids is 2. The highest BCUT2D eigenvalue weighted by atomic mass is 19.3. The van der Waals surface area contributed by atoms with Crippen molar-refractivity contribution in [3.8, 4) is 0 Å². The first-order chi connectivity index (χ1) is 36.8. The Kier molecular flexibility index (Phi) is 18.6. The van der Waals surface area contributed by atoms with Crippen molar-refractivity contribution in [2.75, 3.05) is 65.4 Å². The normalized spacial score (nSPS) is 24.4. The predicted molar refractivity (Wildman–Crippen MR) is 290 cm³/mol. The number of hydrogen-bond acceptors (Lipinski definition) is 9. The number of benzene rings is 2. The fourth-order valence-corrected chi connectivity index (χ4v) is 13.2. The van der Waals surface area contributed by atoms with Gasteiger partial charge in [0, 0.05) is 77.2 Å². The predicted octanol–water partition coefficient (Wildman–Crippen LogP) is 10.9. The highest BCUT2D eigenvalue weighted by Gasteiger charge is 2.45. The Bertz CT molecular complexity index is 2560. The summed E-state index contributed by atoms with van der Waals surface area (Å²) >= 11 is 0. The Morgan fingerprint density at radius 1 is 0.610 bits per heavy atom. The molecule has 0 spiro atoms. The number of hydrogen-bond donors (Lipinski definition) is 2. The van der Waals surface area contributed by atoms with E-state index >= 15 is 0 Å². The van der Waals surface area contributed by atoms with Gasteiger partial charge in [0.05, 0.1) is 17.5 Å². The molecular weight excluding hydrogens is 985 g/mol. The number of aryl methyl sites for hydroxylation is 4. The molecule has 4 aliphatic heterocycles. The summed E-state index contributed by atoms with van der Waals surface area (Å²) in [6, 6.07) is 19.5. The topological polar surface area (TPSA) is 131 Å². The van der Waals surface area contributed by atoms with Gasteiger partial charge in [0.2, 0.25) is 0 Å². The van der Waals surface area contributed by atoms with Gasteiger partial charge in [0.15, 0.2) is 0 Å². The van der Waals surface area contributed by atoms with Crippen molar-refractivity contribution in [2.45, 2.75) is 146 Å². The molecule has 1 unspecified atom stereocenters. The van der Waals surface area contributed by atoms with Crippen LogP contribution >= 0.6 is 0 Å². The highest BCUT2D eigenvalue weighted by Crippen LogP contribution is 2.43. The highest BCUT2D eigenvalue weighted by molar-refractivity contribution is 5.74. The molecule has 2 N–H and O–H groups in total. The number of nitrogens with zero attached hydrogens (tertiary/aromatic N) is 8. The van der Waals surface area contributed by atoms with Crippen molar-refractivity contribution in [1.82, 2.24) is 39.6 Å². The minimum atomic E-state index is -2.95. The van der Waals surface area contributed by atoms with Crippen LogP contribution < -0.4 is 0 Å². The molecule has 77 heavy (non-hydrogen) atoms. The van der Waals surface area contributed by atoms with E-state index < -0.39 is 35.9 Å². The molecule has 420 valence electrons. The molecule has 4 aromatic rings. The summed E-state index contributed by atoms with van der Waals surface area (Å²) in [6.45, 7) is 14.6. The molecule has 2 aliphatic carbocycles. The lowest BCUT2D eigenvalue weighted by molar-refractivity contribution is -0.144. The van der Waals surface area contributed by atoms with Crippen LogP contribution in [0.3, 0.4) is 0 Å². The van der Waals surface area contributed by atoms with Crippen molar-refractivity contribution in [2.24, 2.45) is 42.6 Å². The van der Waals surface area contributed by atoms with Crippen LogP contribution in [0.5, 0.6) is 0 Å². The van der Waals surface area contributed by atoms with E-state index in [0.29, 0.717) is 60.0 Å². The summed E-state index contributed by atoms with van der Waals surface area (Å²) in [4.78, 5) is 33.8. The lowest BCUT2D eigenvalue weighted by atomic mass is 9.86. The molecule has 6 aliphatic rings. The van der Waals surface area contributed by atoms with Crippen LogP contribution in [-0.4, -0.2) is 139 Å². The van der Waals surface area contributed by atoms with E-state index in [1.54, 1.807) is 20.0 Å². The third-order valence-corrected chi connectivity index (χ3v) is 18.3. The van der Waals surface area contributed by atoms with Crippen molar-refractivity contribution in [3.05, 3.63) is 112 Å². The Hall–Kier alpha value is -4.77. The van der Waals surface area contributed by atoms with Gasteiger partial charge in [-0.1, -0.05) is 85.3 Å². The first-order valence-corrected chi connectivity index (χ1v) is 28.9. The molecule has 12 nitrogen and oxygen atoms in total. The van der Waals surface area contributed by atoms with E-state index in [2.05, 4.69) is 97.3 Å². The Morgan fingerprint density at radius 3 is 1.47 bits per heavy atom. The van der Waals surface area contributed by atoms with Gasteiger partial charge in [0.25, 0.3) is 11.8 Å². The van der Waals surface area contributed by atoms with Crippen LogP contribution in [0.4, 0.5) is 17.6 Å². The summed E-state index contributed by atoms with van der Waals surface area (Å²) in [5.41, 5.74) is 5.47. The van der Waals surface area contributed by atoms with E-state index in [-0.39, 0.29) is 30.0 Å². The zero-order valence-electron chi connectivity index (χ0n) is 46.0. The molecule has 6 atom stereocenters. The summed E-state index contributed by atoms with van der Waals surface area (Å²) in [5.74, 6) is -4.10. The molecule has 6 heterocycles. The first-order valence-electron chi connectivity index (χ1n) is 28.9. The lowest BCUT2D eigenvalue weighted by Crippen LogP contribution is -2.42. The summed E-state index contributed by atoms with van der Waals surface area (Å²) in [5, 5.41) is 31.5. The number of carbonyl (C=O) groups is 2. The second-order valence-corrected chi connectivity index (χ2v) is 24.5. The van der Waals surface area contributed by atoms with Crippen molar-refractivity contribution in [3.63, 3.8) is 0 Å². The molecule has 6 fully saturated rings. The molecule has 0 amide bonds. The van der Waals surface area contributed by atoms with Crippen molar-refractivity contribution in [1.29, 1.82) is 0 Å². The van der Waals surface area contributed by atoms with Crippen LogP contribution in [0.25, 0.3) is 0 Å². The number of rotatable bonds is 22. The number of piperidine rings is 2. The van der Waals surface area contributed by atoms with Crippen molar-refractivity contribution >= 4 is 11.9 Å². The van der Waals surface area contributed by atoms with Gasteiger partial charge in [-0.15, -0.1) is 5.10 Å². The third-order valence-electron chi connectivity index (χ3n) is 18.3. The largest absolute Gasteiger partial charge is 0.480 e. The zero-order valence-corrected chi connectivity index (χ0v) is 46.0. The first kappa shape index (κ1) is 56.9. The van der Waals surface area contributed by atoms with Gasteiger partial charge in [-0.25, -0.2) is 8.78 Å². The summed E-state index contributed by atoms with van der Waals surface area (Å²) < 4.78 is 60.1. The monoisotopic (exact) mass is 1070 g/mol. The number of halogens is 4. The van der Waals surface area contributed by atoms with Crippen LogP contribution in [-0.2, 0) is 28.5 Å². The van der Waals surface area contributed by atoms with Gasteiger partial charge >= 0.3 is 11.9 Å². The fraction of sp³-hybridized carbons (Fsp3) is 0.656. The van der Waals surface area contributed by atoms with Gasteiger partial charge in [-0.05, 0) is 157 Å². The van der Waals surface area contributed by atoms with E-state index in [0.717, 1.165) is 130 Å². The molecule has 4 saturated heterocycles. The van der Waals surface area contributed by atoms with Crippen LogP contribution in [0.15, 0.2) is 73.1 Å². The second kappa shape index (κ2) is 25.1. The lowest BCUT2D eigenvalue weighted by Gasteiger charge is -2.35. The smallest absolute Gasteiger partial charge is 0.320 e. The van der Waals surface area contributed by atoms with E-state index in [1.165, 1.54) is 45.4 Å². The zero-order chi connectivity index (χ0) is 54.4. The number of aliphatic carboxylic acids is 2. The van der Waals surface area contributed by atoms with Crippen LogP contribution in [0.1, 0.15) is 141 Å². The molecule has 2 aromatic heterocycles. The van der Waals surface area contributed by atoms with Gasteiger partial charge in [-0.3, -0.25) is 24.1 Å². The molecule has 0 radical (unpaired) electrons. The number of alkyl halides is 4. The van der Waals surface area contributed by atoms with Gasteiger partial charge < -0.3 is 20.0 Å². The maximum atomic E-state index is 14.7. The number of aromatic nitrogens is 4. The standard InChI is InChI=1S/C31H42F2N4O2.C30H42F2N4O2/c1-21-4-3-5-25(16-21)27-20-37(28(30(38)39)17-24-7-8-24)19-26(27)18-36-14-11-23(12-15-36)10-13-31(32,33)29-9-6-22(2)34-35-29;1-21-4-3-5-24(14-21)27-20-36(28(29(37)38)15-23-6-7-23)18-25(27)17-35-12-9-22(10-13-35)8-11-30(31,32)26-16-33-34(2)19-26/h3-6,9,16,23-24,26-28H,7-8,10-15,17-20H2,1-2H3,(H,38,39);3-5,14,16,19,22-23,25,27-28H,6-13,15,17-18,20H2,1-2H3,(H,37,38)/t26-,27+,28+;25-,27+,28?/m00/s1. The van der Waals surface area contributed by atoms with Crippen LogP contribution in [0, 0.1) is 56.3 Å². The molecule has 0 bridgehead atoms. The number of carboxylic acid groups (broad SMARTS) is 2. The second-order valence-electron chi connectivity index (χ2n) is 24.5. The van der Waals surface area contributed by atoms with Gasteiger partial charge in [-0.2, -0.15) is 19.0 Å². The van der Waals surface area contributed by atoms with Crippen molar-refractivity contribution < 1.29 is 37.4 Å². The summed E-state index contributed by atoms with van der Waals surface area (Å²) in [6.07, 6.45) is 13.2. The average molecular weight is 1070 g/mol. The van der Waals surface area contributed by atoms with Gasteiger partial charge in [0.1, 0.15) is 17.8 Å². The van der Waals surface area contributed by atoms with E-state index in [4.69, 9.17) is 0 Å². The van der Waals surface area contributed by atoms with Crippen LogP contribution in [0.2, 0.25) is 0 Å². The SMILES string of the molecule is Cc1cccc([C@H]2CN(C(CC3CC3)C(=O)O)C[C@@H]2CN2CCC(CCC(F)(F)c3cnn(C)c3)CC2)c1.Cc1cccc([C@H]2CN([C@H](CC3CC3)C(=O)O)C[C@@H]2CN2CCC(CCC(F)(F)c3ccc(C)nn3)CC2)c1. The molecule has 2 aromatic carbocycles. The van der Waals surface area contributed by atoms with E-state index in [1.807, 2.05) is 0 Å². The maximum absolute atomic E-state index is 14.7. The quantitative estimate of drug-likeness (QED) is 0.0730. The number of likely N-dealkylation sites (tertiary alicyclic amines) is 4. The Labute approximate surface area is 454 Å². The molecule has 10 rings (SSSR count). The molecular formula is C61H84F4N8O4. The van der Waals surface area contributed by atoms with E-state index in [9.17, 15) is 37.4 Å². The fourth-order valence-electron chi connectivity index (χ4n) is 13.2. The Morgan fingerprint density at radius 2 is 1.08 bits per heavy atom. The maximum Gasteiger partial charge on any atom is 0.320 e. The average Bonchev–Trinajstić information content (AvgIpc) is 4.29. The molecule has 2 saturated carbocycles. The Balaban J connectivity index is 0.000000188.